The SMILES string of the molecule is OC(CCC(F)(F)F)c1ccc(Cl)cc1. The molecule has 0 radical (unpaired) electrons. The summed E-state index contributed by atoms with van der Waals surface area (Å²) in [6, 6.07) is 6.11. The Hall–Kier alpha value is -0.740. The van der Waals surface area contributed by atoms with Crippen molar-refractivity contribution >= 4 is 11.6 Å². The molecule has 0 aliphatic heterocycles. The van der Waals surface area contributed by atoms with Crippen LogP contribution in [0.2, 0.25) is 5.02 Å². The highest BCUT2D eigenvalue weighted by atomic mass is 35.5. The Balaban J connectivity index is 2.54. The molecule has 1 rings (SSSR count). The molecular weight excluding hydrogens is 229 g/mol. The van der Waals surface area contributed by atoms with Gasteiger partial charge in [0, 0.05) is 11.4 Å². The molecule has 1 N–H and O–H groups in total. The van der Waals surface area contributed by atoms with E-state index in [9.17, 15) is 18.3 Å². The number of benzene rings is 1. The highest BCUT2D eigenvalue weighted by Gasteiger charge is 2.28. The van der Waals surface area contributed by atoms with Crippen LogP contribution in [0.3, 0.4) is 0 Å². The molecule has 0 saturated carbocycles. The third-order valence-electron chi connectivity index (χ3n) is 1.96. The van der Waals surface area contributed by atoms with E-state index in [2.05, 4.69) is 0 Å². The van der Waals surface area contributed by atoms with E-state index in [1.54, 1.807) is 0 Å². The highest BCUT2D eigenvalue weighted by Crippen LogP contribution is 2.27. The fraction of sp³-hybridized carbons (Fsp3) is 0.400. The highest BCUT2D eigenvalue weighted by molar-refractivity contribution is 6.30. The van der Waals surface area contributed by atoms with E-state index in [1.165, 1.54) is 24.3 Å². The molecule has 0 heterocycles. The van der Waals surface area contributed by atoms with Gasteiger partial charge in [-0.3, -0.25) is 0 Å². The lowest BCUT2D eigenvalue weighted by atomic mass is 10.1. The number of alkyl halides is 3. The standard InChI is InChI=1S/C10H10ClF3O/c11-8-3-1-7(2-4-8)9(15)5-6-10(12,13)14/h1-4,9,15H,5-6H2. The van der Waals surface area contributed by atoms with Gasteiger partial charge in [-0.15, -0.1) is 0 Å². The number of halogens is 4. The predicted octanol–water partition coefficient (Wildman–Crippen LogP) is 3.72. The van der Waals surface area contributed by atoms with Crippen molar-refractivity contribution in [1.82, 2.24) is 0 Å². The van der Waals surface area contributed by atoms with Gasteiger partial charge in [-0.1, -0.05) is 23.7 Å². The molecule has 84 valence electrons. The molecule has 0 spiro atoms. The van der Waals surface area contributed by atoms with Crippen LogP contribution in [-0.4, -0.2) is 11.3 Å². The smallest absolute Gasteiger partial charge is 0.388 e. The first-order valence-electron chi connectivity index (χ1n) is 4.39. The van der Waals surface area contributed by atoms with Crippen LogP contribution in [-0.2, 0) is 0 Å². The summed E-state index contributed by atoms with van der Waals surface area (Å²) in [7, 11) is 0. The van der Waals surface area contributed by atoms with Gasteiger partial charge in [0.05, 0.1) is 6.10 Å². The molecule has 1 atom stereocenters. The van der Waals surface area contributed by atoms with E-state index in [-0.39, 0.29) is 6.42 Å². The van der Waals surface area contributed by atoms with E-state index >= 15 is 0 Å². The van der Waals surface area contributed by atoms with Crippen molar-refractivity contribution in [2.75, 3.05) is 0 Å². The first-order valence-corrected chi connectivity index (χ1v) is 4.76. The monoisotopic (exact) mass is 238 g/mol. The Bertz CT molecular complexity index is 307. The van der Waals surface area contributed by atoms with Crippen molar-refractivity contribution < 1.29 is 18.3 Å². The van der Waals surface area contributed by atoms with Gasteiger partial charge in [-0.25, -0.2) is 0 Å². The topological polar surface area (TPSA) is 20.2 Å². The van der Waals surface area contributed by atoms with Gasteiger partial charge in [-0.2, -0.15) is 13.2 Å². The second-order valence-corrected chi connectivity index (χ2v) is 3.66. The van der Waals surface area contributed by atoms with E-state index in [4.69, 9.17) is 11.6 Å². The van der Waals surface area contributed by atoms with Crippen LogP contribution in [0.25, 0.3) is 0 Å². The lowest BCUT2D eigenvalue weighted by molar-refractivity contribution is -0.140. The minimum absolute atomic E-state index is 0.328. The normalized spacial score (nSPS) is 13.9. The molecule has 0 amide bonds. The fourth-order valence-corrected chi connectivity index (χ4v) is 1.28. The second kappa shape index (κ2) is 4.86. The minimum atomic E-state index is -4.23. The minimum Gasteiger partial charge on any atom is -0.388 e. The molecule has 1 unspecified atom stereocenters. The summed E-state index contributed by atoms with van der Waals surface area (Å²) in [5, 5.41) is 9.92. The third kappa shape index (κ3) is 4.53. The average molecular weight is 239 g/mol. The zero-order valence-corrected chi connectivity index (χ0v) is 8.52. The number of hydrogen-bond acceptors (Lipinski definition) is 1. The molecule has 1 aromatic carbocycles. The molecule has 0 bridgehead atoms. The quantitative estimate of drug-likeness (QED) is 0.851. The molecule has 0 saturated heterocycles. The lowest BCUT2D eigenvalue weighted by Crippen LogP contribution is -2.09. The average Bonchev–Trinajstić information content (AvgIpc) is 2.14. The van der Waals surface area contributed by atoms with Gasteiger partial charge in [0.1, 0.15) is 0 Å². The summed E-state index contributed by atoms with van der Waals surface area (Å²) in [6.45, 7) is 0. The molecular formula is C10H10ClF3O. The van der Waals surface area contributed by atoms with Crippen LogP contribution in [0.1, 0.15) is 24.5 Å². The van der Waals surface area contributed by atoms with Crippen molar-refractivity contribution in [3.8, 4) is 0 Å². The van der Waals surface area contributed by atoms with E-state index in [0.717, 1.165) is 0 Å². The predicted molar refractivity (Wildman–Crippen MR) is 51.7 cm³/mol. The summed E-state index contributed by atoms with van der Waals surface area (Å²) in [5.41, 5.74) is 0.448. The Morgan fingerprint density at radius 3 is 2.20 bits per heavy atom. The van der Waals surface area contributed by atoms with Gasteiger partial charge < -0.3 is 5.11 Å². The van der Waals surface area contributed by atoms with Crippen molar-refractivity contribution in [2.24, 2.45) is 0 Å². The van der Waals surface area contributed by atoms with Crippen LogP contribution in [0.4, 0.5) is 13.2 Å². The van der Waals surface area contributed by atoms with E-state index < -0.39 is 18.7 Å². The second-order valence-electron chi connectivity index (χ2n) is 3.22. The molecule has 0 aliphatic carbocycles. The molecule has 1 nitrogen and oxygen atoms in total. The summed E-state index contributed by atoms with van der Waals surface area (Å²) in [6.07, 6.45) is -6.64. The Morgan fingerprint density at radius 2 is 1.73 bits per heavy atom. The number of hydrogen-bond donors (Lipinski definition) is 1. The zero-order chi connectivity index (χ0) is 11.5. The van der Waals surface area contributed by atoms with Crippen LogP contribution in [0.5, 0.6) is 0 Å². The van der Waals surface area contributed by atoms with E-state index in [1.807, 2.05) is 0 Å². The van der Waals surface area contributed by atoms with Crippen molar-refractivity contribution in [1.29, 1.82) is 0 Å². The summed E-state index contributed by atoms with van der Waals surface area (Å²) in [5.74, 6) is 0. The first kappa shape index (κ1) is 12.3. The fourth-order valence-electron chi connectivity index (χ4n) is 1.15. The molecule has 0 fully saturated rings. The number of rotatable bonds is 3. The molecule has 0 aromatic heterocycles. The third-order valence-corrected chi connectivity index (χ3v) is 2.21. The summed E-state index contributed by atoms with van der Waals surface area (Å²) < 4.78 is 35.6. The largest absolute Gasteiger partial charge is 0.389 e. The Labute approximate surface area is 90.5 Å². The number of aliphatic hydroxyl groups is 1. The Kier molecular flexibility index (Phi) is 3.99. The maximum absolute atomic E-state index is 11.9. The number of aliphatic hydroxyl groups excluding tert-OH is 1. The molecule has 1 aromatic rings. The van der Waals surface area contributed by atoms with Gasteiger partial charge in [0.25, 0.3) is 0 Å². The van der Waals surface area contributed by atoms with Crippen LogP contribution in [0, 0.1) is 0 Å². The van der Waals surface area contributed by atoms with Crippen molar-refractivity contribution in [2.45, 2.75) is 25.1 Å². The van der Waals surface area contributed by atoms with Crippen LogP contribution in [0.15, 0.2) is 24.3 Å². The van der Waals surface area contributed by atoms with Crippen molar-refractivity contribution in [3.63, 3.8) is 0 Å². The Morgan fingerprint density at radius 1 is 1.20 bits per heavy atom. The van der Waals surface area contributed by atoms with Crippen LogP contribution < -0.4 is 0 Å². The molecule has 15 heavy (non-hydrogen) atoms. The van der Waals surface area contributed by atoms with Gasteiger partial charge in [0.2, 0.25) is 0 Å². The molecule has 5 heteroatoms. The lowest BCUT2D eigenvalue weighted by Gasteiger charge is -2.12. The first-order chi connectivity index (χ1) is 6.88. The van der Waals surface area contributed by atoms with Gasteiger partial charge in [0.15, 0.2) is 0 Å². The maximum atomic E-state index is 11.9. The van der Waals surface area contributed by atoms with Gasteiger partial charge >= 0.3 is 6.18 Å². The summed E-state index contributed by atoms with van der Waals surface area (Å²) in [4.78, 5) is 0. The van der Waals surface area contributed by atoms with E-state index in [0.29, 0.717) is 10.6 Å². The van der Waals surface area contributed by atoms with Gasteiger partial charge in [-0.05, 0) is 24.1 Å². The van der Waals surface area contributed by atoms with Crippen LogP contribution >= 0.6 is 11.6 Å². The molecule has 0 aliphatic rings. The maximum Gasteiger partial charge on any atom is 0.389 e. The summed E-state index contributed by atoms with van der Waals surface area (Å²) >= 11 is 5.60. The van der Waals surface area contributed by atoms with Crippen molar-refractivity contribution in [3.05, 3.63) is 34.9 Å². The zero-order valence-electron chi connectivity index (χ0n) is 7.76.